The minimum atomic E-state index is -0.247. The molecular formula is C26H28N8OS. The van der Waals surface area contributed by atoms with Gasteiger partial charge in [-0.2, -0.15) is 5.10 Å². The summed E-state index contributed by atoms with van der Waals surface area (Å²) in [5, 5.41) is 11.5. The third-order valence-corrected chi connectivity index (χ3v) is 7.00. The molecule has 0 spiro atoms. The summed E-state index contributed by atoms with van der Waals surface area (Å²) in [5.41, 5.74) is 3.63. The number of aryl methyl sites for hydroxylation is 1. The number of rotatable bonds is 7. The van der Waals surface area contributed by atoms with Crippen molar-refractivity contribution in [2.75, 3.05) is 48.8 Å². The number of fused-ring (bicyclic) bond motifs is 1. The molecule has 3 aromatic heterocycles. The van der Waals surface area contributed by atoms with E-state index in [4.69, 9.17) is 9.97 Å². The van der Waals surface area contributed by atoms with Crippen molar-refractivity contribution in [2.24, 2.45) is 0 Å². The molecule has 0 aliphatic carbocycles. The van der Waals surface area contributed by atoms with E-state index in [1.807, 2.05) is 42.6 Å². The van der Waals surface area contributed by atoms with Crippen molar-refractivity contribution in [2.45, 2.75) is 16.8 Å². The summed E-state index contributed by atoms with van der Waals surface area (Å²) in [6.07, 6.45) is 4.91. The SMILES string of the molecule is C=CC(=O)Nc1cccc(Sc2cc(Nc3ncc(N4CCN(C)CC4)cc3C)nc3ccnn23)c1. The molecule has 2 N–H and O–H groups in total. The number of piperazine rings is 1. The predicted octanol–water partition coefficient (Wildman–Crippen LogP) is 4.20. The summed E-state index contributed by atoms with van der Waals surface area (Å²) in [6, 6.07) is 13.6. The second kappa shape index (κ2) is 10.4. The van der Waals surface area contributed by atoms with Gasteiger partial charge in [-0.25, -0.2) is 14.5 Å². The van der Waals surface area contributed by atoms with Crippen molar-refractivity contribution >= 4 is 46.3 Å². The lowest BCUT2D eigenvalue weighted by atomic mass is 10.2. The largest absolute Gasteiger partial charge is 0.368 e. The topological polar surface area (TPSA) is 90.7 Å². The number of carbonyl (C=O) groups excluding carboxylic acids is 1. The number of aromatic nitrogens is 4. The lowest BCUT2D eigenvalue weighted by molar-refractivity contribution is -0.111. The number of carbonyl (C=O) groups is 1. The van der Waals surface area contributed by atoms with Gasteiger partial charge in [0.05, 0.1) is 18.1 Å². The highest BCUT2D eigenvalue weighted by Crippen LogP contribution is 2.32. The summed E-state index contributed by atoms with van der Waals surface area (Å²) < 4.78 is 1.79. The van der Waals surface area contributed by atoms with Crippen LogP contribution < -0.4 is 15.5 Å². The molecule has 0 saturated carbocycles. The zero-order valence-corrected chi connectivity index (χ0v) is 21.1. The Labute approximate surface area is 214 Å². The molecule has 5 rings (SSSR count). The molecule has 1 aliphatic heterocycles. The normalized spacial score (nSPS) is 14.1. The Kier molecular flexibility index (Phi) is 6.88. The van der Waals surface area contributed by atoms with Crippen molar-refractivity contribution < 1.29 is 4.79 Å². The van der Waals surface area contributed by atoms with E-state index in [9.17, 15) is 4.79 Å². The lowest BCUT2D eigenvalue weighted by Gasteiger charge is -2.34. The molecule has 1 fully saturated rings. The third-order valence-electron chi connectivity index (χ3n) is 6.01. The number of benzene rings is 1. The van der Waals surface area contributed by atoms with Crippen LogP contribution in [-0.2, 0) is 4.79 Å². The van der Waals surface area contributed by atoms with Gasteiger partial charge >= 0.3 is 0 Å². The summed E-state index contributed by atoms with van der Waals surface area (Å²) in [6.45, 7) is 9.68. The van der Waals surface area contributed by atoms with Crippen molar-refractivity contribution in [1.29, 1.82) is 0 Å². The predicted molar refractivity (Wildman–Crippen MR) is 144 cm³/mol. The molecule has 4 aromatic rings. The first-order valence-electron chi connectivity index (χ1n) is 11.7. The maximum Gasteiger partial charge on any atom is 0.247 e. The van der Waals surface area contributed by atoms with Crippen LogP contribution in [0.3, 0.4) is 0 Å². The first-order chi connectivity index (χ1) is 17.5. The molecular weight excluding hydrogens is 472 g/mol. The minimum Gasteiger partial charge on any atom is -0.368 e. The number of hydrogen-bond donors (Lipinski definition) is 2. The maximum atomic E-state index is 11.7. The molecule has 1 aliphatic rings. The number of pyridine rings is 1. The number of likely N-dealkylation sites (N-methyl/N-ethyl adjacent to an activating group) is 1. The second-order valence-corrected chi connectivity index (χ2v) is 9.77. The summed E-state index contributed by atoms with van der Waals surface area (Å²) in [7, 11) is 2.15. The quantitative estimate of drug-likeness (QED) is 0.288. The third kappa shape index (κ3) is 5.34. The van der Waals surface area contributed by atoms with E-state index in [0.717, 1.165) is 58.8 Å². The molecule has 1 saturated heterocycles. The fourth-order valence-corrected chi connectivity index (χ4v) is 4.99. The Morgan fingerprint density at radius 3 is 2.75 bits per heavy atom. The fourth-order valence-electron chi connectivity index (χ4n) is 4.02. The summed E-state index contributed by atoms with van der Waals surface area (Å²) in [5.74, 6) is 1.21. The van der Waals surface area contributed by atoms with Gasteiger partial charge in [0.1, 0.15) is 16.7 Å². The molecule has 0 radical (unpaired) electrons. The average molecular weight is 501 g/mol. The molecule has 1 amide bonds. The van der Waals surface area contributed by atoms with Crippen LogP contribution in [0.5, 0.6) is 0 Å². The number of amides is 1. The maximum absolute atomic E-state index is 11.7. The first kappa shape index (κ1) is 23.8. The Hall–Kier alpha value is -3.89. The van der Waals surface area contributed by atoms with Crippen molar-refractivity contribution in [3.8, 4) is 0 Å². The van der Waals surface area contributed by atoms with Gasteiger partial charge in [-0.05, 0) is 49.9 Å². The number of nitrogens with one attached hydrogen (secondary N) is 2. The van der Waals surface area contributed by atoms with Gasteiger partial charge in [0.15, 0.2) is 5.65 Å². The minimum absolute atomic E-state index is 0.247. The molecule has 0 unspecified atom stereocenters. The zero-order chi connectivity index (χ0) is 25.1. The van der Waals surface area contributed by atoms with Crippen molar-refractivity contribution in [3.63, 3.8) is 0 Å². The molecule has 0 atom stereocenters. The van der Waals surface area contributed by atoms with E-state index in [1.165, 1.54) is 17.8 Å². The molecule has 10 heteroatoms. The average Bonchev–Trinajstić information content (AvgIpc) is 3.35. The molecule has 0 bridgehead atoms. The number of anilines is 4. The standard InChI is InChI=1S/C26H28N8OS/c1-4-24(35)29-19-6-5-7-21(15-19)36-25-16-22(30-23-8-9-28-34(23)25)31-26-18(2)14-20(17-27-26)33-12-10-32(3)11-13-33/h4-9,14-17H,1,10-13H2,2-3H3,(H,29,35)(H,27,30,31). The van der Waals surface area contributed by atoms with Crippen LogP contribution in [0.1, 0.15) is 5.56 Å². The van der Waals surface area contributed by atoms with Crippen LogP contribution in [0, 0.1) is 6.92 Å². The highest BCUT2D eigenvalue weighted by Gasteiger charge is 2.16. The Bertz CT molecular complexity index is 1410. The van der Waals surface area contributed by atoms with Gasteiger partial charge < -0.3 is 20.4 Å². The van der Waals surface area contributed by atoms with Crippen LogP contribution >= 0.6 is 11.8 Å². The number of nitrogens with zero attached hydrogens (tertiary/aromatic N) is 6. The number of hydrogen-bond acceptors (Lipinski definition) is 8. The van der Waals surface area contributed by atoms with Crippen LogP contribution in [0.4, 0.5) is 23.0 Å². The smallest absolute Gasteiger partial charge is 0.247 e. The monoisotopic (exact) mass is 500 g/mol. The Balaban J connectivity index is 1.38. The van der Waals surface area contributed by atoms with E-state index in [1.54, 1.807) is 10.7 Å². The van der Waals surface area contributed by atoms with Gasteiger partial charge in [-0.15, -0.1) is 0 Å². The van der Waals surface area contributed by atoms with E-state index >= 15 is 0 Å². The first-order valence-corrected chi connectivity index (χ1v) is 12.5. The van der Waals surface area contributed by atoms with Crippen LogP contribution in [0.25, 0.3) is 5.65 Å². The van der Waals surface area contributed by atoms with Gasteiger partial charge in [-0.3, -0.25) is 4.79 Å². The molecule has 184 valence electrons. The van der Waals surface area contributed by atoms with Gasteiger partial charge in [0.25, 0.3) is 0 Å². The summed E-state index contributed by atoms with van der Waals surface area (Å²) in [4.78, 5) is 26.8. The highest BCUT2D eigenvalue weighted by atomic mass is 32.2. The van der Waals surface area contributed by atoms with E-state index in [0.29, 0.717) is 11.5 Å². The van der Waals surface area contributed by atoms with Crippen molar-refractivity contribution in [3.05, 3.63) is 73.1 Å². The zero-order valence-electron chi connectivity index (χ0n) is 20.3. The molecule has 1 aromatic carbocycles. The van der Waals surface area contributed by atoms with E-state index in [2.05, 4.69) is 52.1 Å². The van der Waals surface area contributed by atoms with Gasteiger partial charge in [0, 0.05) is 48.9 Å². The molecule has 4 heterocycles. The van der Waals surface area contributed by atoms with E-state index < -0.39 is 0 Å². The Morgan fingerprint density at radius 1 is 1.14 bits per heavy atom. The van der Waals surface area contributed by atoms with Gasteiger partial charge in [0.2, 0.25) is 5.91 Å². The van der Waals surface area contributed by atoms with Crippen LogP contribution in [0.2, 0.25) is 0 Å². The van der Waals surface area contributed by atoms with Crippen molar-refractivity contribution in [1.82, 2.24) is 24.5 Å². The fraction of sp³-hybridized carbons (Fsp3) is 0.231. The Morgan fingerprint density at radius 2 is 1.97 bits per heavy atom. The lowest BCUT2D eigenvalue weighted by Crippen LogP contribution is -2.44. The molecule has 36 heavy (non-hydrogen) atoms. The van der Waals surface area contributed by atoms with E-state index in [-0.39, 0.29) is 5.91 Å². The van der Waals surface area contributed by atoms with Crippen LogP contribution in [-0.4, -0.2) is 63.6 Å². The van der Waals surface area contributed by atoms with Gasteiger partial charge in [-0.1, -0.05) is 24.4 Å². The summed E-state index contributed by atoms with van der Waals surface area (Å²) >= 11 is 1.53. The van der Waals surface area contributed by atoms with Crippen LogP contribution in [0.15, 0.2) is 77.4 Å². The highest BCUT2D eigenvalue weighted by molar-refractivity contribution is 7.99. The second-order valence-electron chi connectivity index (χ2n) is 8.68. The molecule has 9 nitrogen and oxygen atoms in total.